The van der Waals surface area contributed by atoms with Gasteiger partial charge >= 0.3 is 0 Å². The second-order valence-corrected chi connectivity index (χ2v) is 12.5. The average molecular weight is 447 g/mol. The maximum Gasteiger partial charge on any atom is 0.0433 e. The van der Waals surface area contributed by atoms with Gasteiger partial charge in [-0.05, 0) is 79.4 Å². The van der Waals surface area contributed by atoms with Gasteiger partial charge in [0, 0.05) is 6.61 Å². The van der Waals surface area contributed by atoms with E-state index in [1.807, 2.05) is 0 Å². The summed E-state index contributed by atoms with van der Waals surface area (Å²) >= 11 is 0. The standard InChI is InChI=1S/C31H58O/c1-4-7-8-9-24-10-12-25(13-11-24)14-15-26-16-18-30(28(5-2)22-26)31-19-17-27(20-21-32)23-29(31)6-3/h24-32H,4-23H2,1-3H3. The van der Waals surface area contributed by atoms with Crippen molar-refractivity contribution < 1.29 is 5.11 Å². The van der Waals surface area contributed by atoms with E-state index in [1.54, 1.807) is 19.3 Å². The predicted molar refractivity (Wildman–Crippen MR) is 140 cm³/mol. The quantitative estimate of drug-likeness (QED) is 0.296. The Balaban J connectivity index is 1.40. The smallest absolute Gasteiger partial charge is 0.0433 e. The molecule has 0 aliphatic heterocycles. The Hall–Kier alpha value is -0.0400. The Bertz CT molecular complexity index is 479. The second-order valence-electron chi connectivity index (χ2n) is 12.5. The highest BCUT2D eigenvalue weighted by molar-refractivity contribution is 4.90. The lowest BCUT2D eigenvalue weighted by molar-refractivity contribution is 0.0351. The van der Waals surface area contributed by atoms with E-state index in [0.717, 1.165) is 53.8 Å². The topological polar surface area (TPSA) is 20.2 Å². The Labute approximate surface area is 201 Å². The first kappa shape index (κ1) is 26.6. The molecule has 0 amide bonds. The van der Waals surface area contributed by atoms with Gasteiger partial charge in [-0.3, -0.25) is 0 Å². The lowest BCUT2D eigenvalue weighted by Crippen LogP contribution is -2.37. The van der Waals surface area contributed by atoms with Gasteiger partial charge in [-0.15, -0.1) is 0 Å². The van der Waals surface area contributed by atoms with Crippen molar-refractivity contribution in [1.82, 2.24) is 0 Å². The summed E-state index contributed by atoms with van der Waals surface area (Å²) in [6.07, 6.45) is 27.7. The molecule has 0 aromatic carbocycles. The van der Waals surface area contributed by atoms with Crippen LogP contribution in [-0.4, -0.2) is 11.7 Å². The van der Waals surface area contributed by atoms with Crippen molar-refractivity contribution in [3.8, 4) is 0 Å². The summed E-state index contributed by atoms with van der Waals surface area (Å²) in [5.74, 6) is 7.89. The van der Waals surface area contributed by atoms with E-state index >= 15 is 0 Å². The van der Waals surface area contributed by atoms with E-state index in [1.165, 1.54) is 96.3 Å². The third-order valence-electron chi connectivity index (χ3n) is 10.6. The third-order valence-corrected chi connectivity index (χ3v) is 10.6. The minimum atomic E-state index is 0.398. The molecule has 0 saturated heterocycles. The second kappa shape index (κ2) is 14.4. The van der Waals surface area contributed by atoms with Gasteiger partial charge in [-0.1, -0.05) is 111 Å². The first-order valence-corrected chi connectivity index (χ1v) is 15.3. The van der Waals surface area contributed by atoms with Crippen LogP contribution < -0.4 is 0 Å². The highest BCUT2D eigenvalue weighted by atomic mass is 16.3. The highest BCUT2D eigenvalue weighted by Gasteiger charge is 2.40. The maximum absolute atomic E-state index is 9.40. The van der Waals surface area contributed by atoms with Gasteiger partial charge in [0.15, 0.2) is 0 Å². The van der Waals surface area contributed by atoms with Crippen molar-refractivity contribution in [2.75, 3.05) is 6.61 Å². The monoisotopic (exact) mass is 446 g/mol. The van der Waals surface area contributed by atoms with E-state index in [9.17, 15) is 5.11 Å². The number of aliphatic hydroxyl groups excluding tert-OH is 1. The molecule has 1 N–H and O–H groups in total. The van der Waals surface area contributed by atoms with Crippen LogP contribution in [0.1, 0.15) is 143 Å². The maximum atomic E-state index is 9.40. The first-order valence-electron chi connectivity index (χ1n) is 15.3. The van der Waals surface area contributed by atoms with Crippen LogP contribution in [0.15, 0.2) is 0 Å². The molecular formula is C31H58O. The summed E-state index contributed by atoms with van der Waals surface area (Å²) in [7, 11) is 0. The zero-order chi connectivity index (χ0) is 22.8. The summed E-state index contributed by atoms with van der Waals surface area (Å²) in [4.78, 5) is 0. The Morgan fingerprint density at radius 2 is 1.00 bits per heavy atom. The van der Waals surface area contributed by atoms with Crippen molar-refractivity contribution in [2.45, 2.75) is 143 Å². The van der Waals surface area contributed by atoms with Crippen molar-refractivity contribution in [1.29, 1.82) is 0 Å². The van der Waals surface area contributed by atoms with E-state index < -0.39 is 0 Å². The minimum absolute atomic E-state index is 0.398. The molecule has 0 aromatic heterocycles. The molecule has 3 fully saturated rings. The molecule has 3 aliphatic rings. The summed E-state index contributed by atoms with van der Waals surface area (Å²) in [5.41, 5.74) is 0. The molecule has 32 heavy (non-hydrogen) atoms. The molecule has 0 spiro atoms. The van der Waals surface area contributed by atoms with E-state index in [2.05, 4.69) is 20.8 Å². The summed E-state index contributed by atoms with van der Waals surface area (Å²) < 4.78 is 0. The van der Waals surface area contributed by atoms with Crippen LogP contribution in [0.25, 0.3) is 0 Å². The number of rotatable bonds is 12. The van der Waals surface area contributed by atoms with Crippen LogP contribution in [0.2, 0.25) is 0 Å². The zero-order valence-electron chi connectivity index (χ0n) is 22.2. The zero-order valence-corrected chi connectivity index (χ0v) is 22.2. The van der Waals surface area contributed by atoms with Crippen LogP contribution in [0.4, 0.5) is 0 Å². The van der Waals surface area contributed by atoms with E-state index in [0.29, 0.717) is 6.61 Å². The van der Waals surface area contributed by atoms with Gasteiger partial charge < -0.3 is 5.11 Å². The van der Waals surface area contributed by atoms with Gasteiger partial charge in [0.25, 0.3) is 0 Å². The molecule has 0 bridgehead atoms. The Kier molecular flexibility index (Phi) is 11.9. The normalized spacial score (nSPS) is 38.6. The SMILES string of the molecule is CCCCCC1CCC(CCC2CCC(C3CCC(CCO)CC3CC)C(CC)C2)CC1. The lowest BCUT2D eigenvalue weighted by Gasteiger charge is -2.46. The number of aliphatic hydroxyl groups is 1. The predicted octanol–water partition coefficient (Wildman–Crippen LogP) is 9.42. The number of unbranched alkanes of at least 4 members (excludes halogenated alkanes) is 2. The molecule has 1 nitrogen and oxygen atoms in total. The molecular weight excluding hydrogens is 388 g/mol. The average Bonchev–Trinajstić information content (AvgIpc) is 2.83. The van der Waals surface area contributed by atoms with Crippen LogP contribution >= 0.6 is 0 Å². The fourth-order valence-corrected chi connectivity index (χ4v) is 8.51. The largest absolute Gasteiger partial charge is 0.396 e. The molecule has 0 heterocycles. The molecule has 0 aromatic rings. The molecule has 6 atom stereocenters. The Morgan fingerprint density at radius 3 is 1.50 bits per heavy atom. The van der Waals surface area contributed by atoms with E-state index in [-0.39, 0.29) is 0 Å². The lowest BCUT2D eigenvalue weighted by atomic mass is 9.59. The fraction of sp³-hybridized carbons (Fsp3) is 1.00. The summed E-state index contributed by atoms with van der Waals surface area (Å²) in [6, 6.07) is 0. The van der Waals surface area contributed by atoms with Gasteiger partial charge in [-0.25, -0.2) is 0 Å². The molecule has 6 unspecified atom stereocenters. The van der Waals surface area contributed by atoms with E-state index in [4.69, 9.17) is 0 Å². The van der Waals surface area contributed by atoms with Crippen molar-refractivity contribution in [3.05, 3.63) is 0 Å². The highest BCUT2D eigenvalue weighted by Crippen LogP contribution is 2.50. The molecule has 3 rings (SSSR count). The molecule has 188 valence electrons. The Morgan fingerprint density at radius 1 is 0.531 bits per heavy atom. The molecule has 1 heteroatoms. The fourth-order valence-electron chi connectivity index (χ4n) is 8.51. The van der Waals surface area contributed by atoms with Gasteiger partial charge in [0.2, 0.25) is 0 Å². The van der Waals surface area contributed by atoms with Crippen LogP contribution in [0.3, 0.4) is 0 Å². The molecule has 0 radical (unpaired) electrons. The van der Waals surface area contributed by atoms with Gasteiger partial charge in [0.05, 0.1) is 0 Å². The summed E-state index contributed by atoms with van der Waals surface area (Å²) in [5, 5.41) is 9.40. The molecule has 3 saturated carbocycles. The van der Waals surface area contributed by atoms with Crippen molar-refractivity contribution in [3.63, 3.8) is 0 Å². The van der Waals surface area contributed by atoms with Crippen molar-refractivity contribution in [2.24, 2.45) is 47.3 Å². The van der Waals surface area contributed by atoms with Gasteiger partial charge in [-0.2, -0.15) is 0 Å². The summed E-state index contributed by atoms with van der Waals surface area (Å²) in [6.45, 7) is 7.65. The number of hydrogen-bond acceptors (Lipinski definition) is 1. The van der Waals surface area contributed by atoms with Crippen LogP contribution in [-0.2, 0) is 0 Å². The molecule has 3 aliphatic carbocycles. The van der Waals surface area contributed by atoms with Crippen LogP contribution in [0.5, 0.6) is 0 Å². The third kappa shape index (κ3) is 7.74. The van der Waals surface area contributed by atoms with Crippen LogP contribution in [0, 0.1) is 47.3 Å². The van der Waals surface area contributed by atoms with Gasteiger partial charge in [0.1, 0.15) is 0 Å². The minimum Gasteiger partial charge on any atom is -0.396 e. The van der Waals surface area contributed by atoms with Crippen molar-refractivity contribution >= 4 is 0 Å². The number of hydrogen-bond donors (Lipinski definition) is 1. The first-order chi connectivity index (χ1) is 15.7.